The average molecular weight is 325 g/mol. The van der Waals surface area contributed by atoms with Crippen molar-refractivity contribution >= 4 is 28.3 Å². The second-order valence-corrected chi connectivity index (χ2v) is 6.98. The number of rotatable bonds is 8. The number of nitrogens with one attached hydrogen (secondary N) is 1. The standard InChI is InChI=1S/C16H27N3O2S/c1-6-7-8-9-15(21)19(11(2)3)10-14(20)18-16-17-12(4)13(5)22-16/h11H,6-10H2,1-5H3,(H,17,18,20). The van der Waals surface area contributed by atoms with Crippen LogP contribution in [0, 0.1) is 13.8 Å². The lowest BCUT2D eigenvalue weighted by atomic mass is 10.1. The molecule has 0 aliphatic heterocycles. The summed E-state index contributed by atoms with van der Waals surface area (Å²) in [4.78, 5) is 31.4. The van der Waals surface area contributed by atoms with Gasteiger partial charge in [0.25, 0.3) is 0 Å². The number of thiazole rings is 1. The zero-order valence-corrected chi connectivity index (χ0v) is 15.0. The van der Waals surface area contributed by atoms with E-state index in [-0.39, 0.29) is 24.4 Å². The molecule has 0 unspecified atom stereocenters. The molecule has 0 fully saturated rings. The van der Waals surface area contributed by atoms with Gasteiger partial charge in [-0.1, -0.05) is 19.8 Å². The van der Waals surface area contributed by atoms with E-state index in [0.717, 1.165) is 29.8 Å². The van der Waals surface area contributed by atoms with Crippen molar-refractivity contribution in [1.29, 1.82) is 0 Å². The van der Waals surface area contributed by atoms with Crippen LogP contribution in [0.25, 0.3) is 0 Å². The molecule has 5 nitrogen and oxygen atoms in total. The first-order chi connectivity index (χ1) is 10.3. The van der Waals surface area contributed by atoms with E-state index in [1.54, 1.807) is 4.90 Å². The van der Waals surface area contributed by atoms with Crippen LogP contribution in [0.15, 0.2) is 0 Å². The minimum Gasteiger partial charge on any atom is -0.331 e. The Balaban J connectivity index is 2.58. The lowest BCUT2D eigenvalue weighted by Crippen LogP contribution is -2.42. The van der Waals surface area contributed by atoms with Gasteiger partial charge in [0.2, 0.25) is 11.8 Å². The average Bonchev–Trinajstić information content (AvgIpc) is 2.74. The summed E-state index contributed by atoms with van der Waals surface area (Å²) in [5.41, 5.74) is 0.927. The van der Waals surface area contributed by atoms with Crippen LogP contribution in [0.2, 0.25) is 0 Å². The fourth-order valence-electron chi connectivity index (χ4n) is 2.07. The van der Waals surface area contributed by atoms with Crippen LogP contribution in [0.5, 0.6) is 0 Å². The van der Waals surface area contributed by atoms with Crippen molar-refractivity contribution in [3.63, 3.8) is 0 Å². The van der Waals surface area contributed by atoms with E-state index in [1.165, 1.54) is 11.3 Å². The molecule has 0 spiro atoms. The monoisotopic (exact) mass is 325 g/mol. The number of carbonyl (C=O) groups excluding carboxylic acids is 2. The number of hydrogen-bond donors (Lipinski definition) is 1. The maximum absolute atomic E-state index is 12.2. The lowest BCUT2D eigenvalue weighted by molar-refractivity contribution is -0.136. The summed E-state index contributed by atoms with van der Waals surface area (Å²) in [6.45, 7) is 9.95. The number of amides is 2. The second-order valence-electron chi connectivity index (χ2n) is 5.78. The fourth-order valence-corrected chi connectivity index (χ4v) is 2.90. The predicted molar refractivity (Wildman–Crippen MR) is 91.2 cm³/mol. The van der Waals surface area contributed by atoms with Gasteiger partial charge in [0.15, 0.2) is 5.13 Å². The van der Waals surface area contributed by atoms with Gasteiger partial charge in [0, 0.05) is 17.3 Å². The normalized spacial score (nSPS) is 10.8. The molecule has 1 aromatic heterocycles. The highest BCUT2D eigenvalue weighted by molar-refractivity contribution is 7.15. The SMILES string of the molecule is CCCCCC(=O)N(CC(=O)Nc1nc(C)c(C)s1)C(C)C. The minimum atomic E-state index is -0.189. The summed E-state index contributed by atoms with van der Waals surface area (Å²) in [5.74, 6) is -0.142. The van der Waals surface area contributed by atoms with E-state index in [2.05, 4.69) is 17.2 Å². The van der Waals surface area contributed by atoms with E-state index >= 15 is 0 Å². The molecule has 0 atom stereocenters. The zero-order chi connectivity index (χ0) is 16.7. The van der Waals surface area contributed by atoms with Crippen molar-refractivity contribution < 1.29 is 9.59 Å². The molecule has 0 aliphatic carbocycles. The Morgan fingerprint density at radius 1 is 1.27 bits per heavy atom. The molecule has 1 N–H and O–H groups in total. The van der Waals surface area contributed by atoms with Crippen LogP contribution in [0.1, 0.15) is 57.0 Å². The third kappa shape index (κ3) is 5.75. The van der Waals surface area contributed by atoms with Gasteiger partial charge in [0.05, 0.1) is 5.69 Å². The van der Waals surface area contributed by atoms with Crippen molar-refractivity contribution in [3.8, 4) is 0 Å². The number of carbonyl (C=O) groups is 2. The van der Waals surface area contributed by atoms with Gasteiger partial charge in [0.1, 0.15) is 6.54 Å². The molecule has 6 heteroatoms. The topological polar surface area (TPSA) is 62.3 Å². The van der Waals surface area contributed by atoms with Gasteiger partial charge < -0.3 is 10.2 Å². The van der Waals surface area contributed by atoms with Gasteiger partial charge >= 0.3 is 0 Å². The van der Waals surface area contributed by atoms with E-state index < -0.39 is 0 Å². The van der Waals surface area contributed by atoms with Crippen molar-refractivity contribution in [2.24, 2.45) is 0 Å². The van der Waals surface area contributed by atoms with Crippen LogP contribution in [-0.4, -0.2) is 34.3 Å². The lowest BCUT2D eigenvalue weighted by Gasteiger charge is -2.26. The van der Waals surface area contributed by atoms with Gasteiger partial charge in [-0.2, -0.15) is 0 Å². The molecular weight excluding hydrogens is 298 g/mol. The van der Waals surface area contributed by atoms with Gasteiger partial charge in [-0.05, 0) is 34.1 Å². The van der Waals surface area contributed by atoms with Crippen LogP contribution in [0.3, 0.4) is 0 Å². The molecule has 2 amide bonds. The maximum Gasteiger partial charge on any atom is 0.245 e. The summed E-state index contributed by atoms with van der Waals surface area (Å²) in [6.07, 6.45) is 3.51. The molecule has 0 radical (unpaired) electrons. The molecule has 1 rings (SSSR count). The maximum atomic E-state index is 12.2. The smallest absolute Gasteiger partial charge is 0.245 e. The Bertz CT molecular complexity index is 492. The summed E-state index contributed by atoms with van der Waals surface area (Å²) < 4.78 is 0. The van der Waals surface area contributed by atoms with Crippen LogP contribution in [0.4, 0.5) is 5.13 Å². The molecule has 124 valence electrons. The second kappa shape index (κ2) is 8.88. The van der Waals surface area contributed by atoms with Gasteiger partial charge in [-0.15, -0.1) is 11.3 Å². The highest BCUT2D eigenvalue weighted by Crippen LogP contribution is 2.21. The molecule has 0 bridgehead atoms. The van der Waals surface area contributed by atoms with Gasteiger partial charge in [-0.25, -0.2) is 4.98 Å². The third-order valence-electron chi connectivity index (χ3n) is 3.53. The van der Waals surface area contributed by atoms with E-state index in [1.807, 2.05) is 27.7 Å². The summed E-state index contributed by atoms with van der Waals surface area (Å²) in [5, 5.41) is 3.38. The van der Waals surface area contributed by atoms with Crippen LogP contribution in [-0.2, 0) is 9.59 Å². The van der Waals surface area contributed by atoms with E-state index in [9.17, 15) is 9.59 Å². The zero-order valence-electron chi connectivity index (χ0n) is 14.2. The number of aromatic nitrogens is 1. The minimum absolute atomic E-state index is 0.0136. The van der Waals surface area contributed by atoms with Crippen molar-refractivity contribution in [3.05, 3.63) is 10.6 Å². The Morgan fingerprint density at radius 3 is 2.45 bits per heavy atom. The number of unbranched alkanes of at least 4 members (excludes halogenated alkanes) is 2. The fraction of sp³-hybridized carbons (Fsp3) is 0.688. The molecule has 0 saturated carbocycles. The van der Waals surface area contributed by atoms with E-state index in [0.29, 0.717) is 11.6 Å². The number of aryl methyl sites for hydroxylation is 2. The number of anilines is 1. The van der Waals surface area contributed by atoms with E-state index in [4.69, 9.17) is 0 Å². The van der Waals surface area contributed by atoms with Gasteiger partial charge in [-0.3, -0.25) is 9.59 Å². The summed E-state index contributed by atoms with van der Waals surface area (Å²) in [6, 6.07) is 0.0136. The molecule has 0 aromatic carbocycles. The number of hydrogen-bond acceptors (Lipinski definition) is 4. The predicted octanol–water partition coefficient (Wildman–Crippen LogP) is 3.52. The number of nitrogens with zero attached hydrogens (tertiary/aromatic N) is 2. The van der Waals surface area contributed by atoms with Crippen LogP contribution >= 0.6 is 11.3 Å². The molecular formula is C16H27N3O2S. The molecule has 1 aromatic rings. The Morgan fingerprint density at radius 2 is 1.95 bits per heavy atom. The first-order valence-electron chi connectivity index (χ1n) is 7.88. The Labute approximate surface area is 137 Å². The van der Waals surface area contributed by atoms with Crippen molar-refractivity contribution in [1.82, 2.24) is 9.88 Å². The quantitative estimate of drug-likeness (QED) is 0.744. The van der Waals surface area contributed by atoms with Crippen molar-refractivity contribution in [2.45, 2.75) is 66.3 Å². The molecule has 0 aliphatic rings. The Hall–Kier alpha value is -1.43. The summed E-state index contributed by atoms with van der Waals surface area (Å²) in [7, 11) is 0. The first-order valence-corrected chi connectivity index (χ1v) is 8.70. The highest BCUT2D eigenvalue weighted by atomic mass is 32.1. The summed E-state index contributed by atoms with van der Waals surface area (Å²) >= 11 is 1.46. The molecule has 1 heterocycles. The molecule has 22 heavy (non-hydrogen) atoms. The third-order valence-corrected chi connectivity index (χ3v) is 4.52. The molecule has 0 saturated heterocycles. The largest absolute Gasteiger partial charge is 0.331 e. The van der Waals surface area contributed by atoms with Crippen molar-refractivity contribution in [2.75, 3.05) is 11.9 Å². The van der Waals surface area contributed by atoms with Crippen LogP contribution < -0.4 is 5.32 Å². The first kappa shape index (κ1) is 18.6. The Kier molecular flexibility index (Phi) is 7.51. The highest BCUT2D eigenvalue weighted by Gasteiger charge is 2.20.